The molecule has 0 radical (unpaired) electrons. The van der Waals surface area contributed by atoms with E-state index in [1.54, 1.807) is 11.8 Å². The fourth-order valence-electron chi connectivity index (χ4n) is 1.01. The molecule has 0 aromatic heterocycles. The molecular formula is C9H12OS. The summed E-state index contributed by atoms with van der Waals surface area (Å²) in [5, 5.41) is 0. The molecule has 1 rings (SSSR count). The fourth-order valence-corrected chi connectivity index (χ4v) is 1.40. The third kappa shape index (κ3) is 2.54. The number of thioether (sulfide) groups is 1. The van der Waals surface area contributed by atoms with E-state index in [-0.39, 0.29) is 0 Å². The Kier molecular flexibility index (Phi) is 3.43. The molecule has 0 aromatic rings. The zero-order chi connectivity index (χ0) is 8.10. The number of rotatable bonds is 4. The van der Waals surface area contributed by atoms with Gasteiger partial charge in [0.25, 0.3) is 0 Å². The van der Waals surface area contributed by atoms with E-state index in [2.05, 4.69) is 0 Å². The molecule has 60 valence electrons. The Morgan fingerprint density at radius 3 is 3.09 bits per heavy atom. The quantitative estimate of drug-likeness (QED) is 0.640. The summed E-state index contributed by atoms with van der Waals surface area (Å²) in [6.45, 7) is 0. The summed E-state index contributed by atoms with van der Waals surface area (Å²) < 4.78 is 0. The van der Waals surface area contributed by atoms with Gasteiger partial charge in [0, 0.05) is 12.2 Å². The van der Waals surface area contributed by atoms with Crippen LogP contribution in [0.3, 0.4) is 0 Å². The lowest BCUT2D eigenvalue weighted by molar-refractivity contribution is -0.115. The van der Waals surface area contributed by atoms with Gasteiger partial charge in [-0.3, -0.25) is 4.79 Å². The second-order valence-electron chi connectivity index (χ2n) is 2.49. The molecule has 0 saturated carbocycles. The number of carbonyl (C=O) groups excluding carboxylic acids is 1. The van der Waals surface area contributed by atoms with Crippen LogP contribution in [-0.2, 0) is 4.79 Å². The summed E-state index contributed by atoms with van der Waals surface area (Å²) in [6, 6.07) is 0. The topological polar surface area (TPSA) is 17.1 Å². The van der Waals surface area contributed by atoms with Gasteiger partial charge in [0.2, 0.25) is 0 Å². The number of hydrogen-bond acceptors (Lipinski definition) is 2. The molecule has 0 unspecified atom stereocenters. The maximum atomic E-state index is 11.3. The Morgan fingerprint density at radius 2 is 2.55 bits per heavy atom. The molecule has 0 aromatic carbocycles. The van der Waals surface area contributed by atoms with E-state index < -0.39 is 0 Å². The lowest BCUT2D eigenvalue weighted by Crippen LogP contribution is -2.01. The van der Waals surface area contributed by atoms with E-state index in [1.165, 1.54) is 0 Å². The van der Waals surface area contributed by atoms with Gasteiger partial charge in [0.1, 0.15) is 0 Å². The van der Waals surface area contributed by atoms with Crippen LogP contribution in [0.2, 0.25) is 0 Å². The molecule has 0 fully saturated rings. The monoisotopic (exact) mass is 168 g/mol. The van der Waals surface area contributed by atoms with E-state index in [0.717, 1.165) is 17.7 Å². The highest BCUT2D eigenvalue weighted by atomic mass is 32.2. The van der Waals surface area contributed by atoms with Crippen molar-refractivity contribution >= 4 is 17.5 Å². The van der Waals surface area contributed by atoms with Gasteiger partial charge in [-0.25, -0.2) is 0 Å². The number of Topliss-reactive ketones (excluding diaryl/α,β-unsaturated/α-hetero) is 1. The van der Waals surface area contributed by atoms with E-state index in [4.69, 9.17) is 0 Å². The molecule has 1 nitrogen and oxygen atoms in total. The summed E-state index contributed by atoms with van der Waals surface area (Å²) in [7, 11) is 0. The fraction of sp³-hybridized carbons (Fsp3) is 0.444. The first-order chi connectivity index (χ1) is 5.34. The Labute approximate surface area is 71.6 Å². The third-order valence-electron chi connectivity index (χ3n) is 1.66. The second-order valence-corrected chi connectivity index (χ2v) is 3.48. The van der Waals surface area contributed by atoms with Gasteiger partial charge >= 0.3 is 0 Å². The average Bonchev–Trinajstić information content (AvgIpc) is 2.52. The van der Waals surface area contributed by atoms with Crippen molar-refractivity contribution in [3.63, 3.8) is 0 Å². The van der Waals surface area contributed by atoms with Crippen LogP contribution in [0.25, 0.3) is 0 Å². The van der Waals surface area contributed by atoms with Crippen LogP contribution in [0.15, 0.2) is 23.8 Å². The Hall–Kier alpha value is -0.500. The third-order valence-corrected chi connectivity index (χ3v) is 2.28. The van der Waals surface area contributed by atoms with Crippen molar-refractivity contribution in [2.75, 3.05) is 12.0 Å². The van der Waals surface area contributed by atoms with Crippen LogP contribution >= 0.6 is 11.8 Å². The van der Waals surface area contributed by atoms with Crippen molar-refractivity contribution in [3.8, 4) is 0 Å². The SMILES string of the molecule is CSCCC(=O)C1=CC=CC1. The summed E-state index contributed by atoms with van der Waals surface area (Å²) >= 11 is 1.72. The largest absolute Gasteiger partial charge is 0.295 e. The van der Waals surface area contributed by atoms with Crippen molar-refractivity contribution in [2.45, 2.75) is 12.8 Å². The van der Waals surface area contributed by atoms with Crippen LogP contribution < -0.4 is 0 Å². The molecule has 11 heavy (non-hydrogen) atoms. The lowest BCUT2D eigenvalue weighted by atomic mass is 10.1. The Bertz CT molecular complexity index is 204. The maximum absolute atomic E-state index is 11.3. The molecule has 0 heterocycles. The highest BCUT2D eigenvalue weighted by Crippen LogP contribution is 2.13. The van der Waals surface area contributed by atoms with Gasteiger partial charge < -0.3 is 0 Å². The maximum Gasteiger partial charge on any atom is 0.159 e. The van der Waals surface area contributed by atoms with E-state index >= 15 is 0 Å². The molecule has 2 heteroatoms. The normalized spacial score (nSPS) is 15.2. The van der Waals surface area contributed by atoms with Crippen LogP contribution in [0.4, 0.5) is 0 Å². The van der Waals surface area contributed by atoms with Crippen molar-refractivity contribution in [3.05, 3.63) is 23.8 Å². The van der Waals surface area contributed by atoms with Crippen molar-refractivity contribution in [1.29, 1.82) is 0 Å². The second kappa shape index (κ2) is 4.39. The molecule has 0 atom stereocenters. The standard InChI is InChI=1S/C9H12OS/c1-11-7-6-9(10)8-4-2-3-5-8/h2-4H,5-7H2,1H3. The van der Waals surface area contributed by atoms with Gasteiger partial charge in [-0.1, -0.05) is 18.2 Å². The van der Waals surface area contributed by atoms with Crippen LogP contribution in [0.1, 0.15) is 12.8 Å². The van der Waals surface area contributed by atoms with Crippen LogP contribution in [-0.4, -0.2) is 17.8 Å². The molecule has 0 N–H and O–H groups in total. The van der Waals surface area contributed by atoms with E-state index in [9.17, 15) is 4.79 Å². The van der Waals surface area contributed by atoms with Crippen LogP contribution in [0, 0.1) is 0 Å². The number of ketones is 1. The van der Waals surface area contributed by atoms with Crippen molar-refractivity contribution < 1.29 is 4.79 Å². The minimum absolute atomic E-state index is 0.310. The van der Waals surface area contributed by atoms with E-state index in [1.807, 2.05) is 24.5 Å². The molecule has 0 saturated heterocycles. The molecule has 1 aliphatic carbocycles. The summed E-state index contributed by atoms with van der Waals surface area (Å²) in [5.74, 6) is 1.25. The van der Waals surface area contributed by atoms with Gasteiger partial charge in [0.05, 0.1) is 0 Å². The van der Waals surface area contributed by atoms with E-state index in [0.29, 0.717) is 12.2 Å². The molecule has 0 bridgehead atoms. The molecule has 0 spiro atoms. The minimum Gasteiger partial charge on any atom is -0.295 e. The summed E-state index contributed by atoms with van der Waals surface area (Å²) in [5.41, 5.74) is 0.971. The van der Waals surface area contributed by atoms with Gasteiger partial charge in [-0.2, -0.15) is 11.8 Å². The zero-order valence-corrected chi connectivity index (χ0v) is 7.49. The first-order valence-corrected chi connectivity index (χ1v) is 5.12. The highest BCUT2D eigenvalue weighted by molar-refractivity contribution is 7.98. The first kappa shape index (κ1) is 8.60. The lowest BCUT2D eigenvalue weighted by Gasteiger charge is -1.98. The first-order valence-electron chi connectivity index (χ1n) is 3.72. The predicted octanol–water partition coefficient (Wildman–Crippen LogP) is 2.19. The van der Waals surface area contributed by atoms with Gasteiger partial charge in [-0.05, 0) is 18.2 Å². The van der Waals surface area contributed by atoms with Gasteiger partial charge in [0.15, 0.2) is 5.78 Å². The number of hydrogen-bond donors (Lipinski definition) is 0. The Balaban J connectivity index is 2.31. The molecular weight excluding hydrogens is 156 g/mol. The molecule has 0 amide bonds. The summed E-state index contributed by atoms with van der Waals surface area (Å²) in [4.78, 5) is 11.3. The van der Waals surface area contributed by atoms with Crippen molar-refractivity contribution in [1.82, 2.24) is 0 Å². The average molecular weight is 168 g/mol. The van der Waals surface area contributed by atoms with Gasteiger partial charge in [-0.15, -0.1) is 0 Å². The summed E-state index contributed by atoms with van der Waals surface area (Å²) in [6.07, 6.45) is 9.44. The predicted molar refractivity (Wildman–Crippen MR) is 49.8 cm³/mol. The number of allylic oxidation sites excluding steroid dienone is 4. The van der Waals surface area contributed by atoms with Crippen molar-refractivity contribution in [2.24, 2.45) is 0 Å². The zero-order valence-electron chi connectivity index (χ0n) is 6.67. The molecule has 0 aliphatic heterocycles. The smallest absolute Gasteiger partial charge is 0.159 e. The van der Waals surface area contributed by atoms with Crippen LogP contribution in [0.5, 0.6) is 0 Å². The minimum atomic E-state index is 0.310. The number of carbonyl (C=O) groups is 1. The Morgan fingerprint density at radius 1 is 1.73 bits per heavy atom. The highest BCUT2D eigenvalue weighted by Gasteiger charge is 2.08. The molecule has 1 aliphatic rings.